The maximum absolute atomic E-state index is 11.7. The second-order valence-electron chi connectivity index (χ2n) is 4.61. The molecule has 0 aliphatic heterocycles. The summed E-state index contributed by atoms with van der Waals surface area (Å²) >= 11 is 5.12. The van der Waals surface area contributed by atoms with Gasteiger partial charge in [-0.25, -0.2) is 0 Å². The molecule has 1 amide bonds. The second kappa shape index (κ2) is 6.85. The minimum atomic E-state index is -0.311. The molecule has 0 spiro atoms. The van der Waals surface area contributed by atoms with Gasteiger partial charge in [0.25, 0.3) is 0 Å². The molecule has 2 aromatic rings. The number of benzene rings is 1. The molecule has 0 aliphatic carbocycles. The maximum Gasteiger partial charge on any atom is 0.250 e. The number of amides is 1. The van der Waals surface area contributed by atoms with Crippen LogP contribution in [0.25, 0.3) is 6.08 Å². The number of carbonyl (C=O) groups is 1. The molecule has 0 unspecified atom stereocenters. The zero-order chi connectivity index (χ0) is 15.2. The van der Waals surface area contributed by atoms with Crippen molar-refractivity contribution in [3.63, 3.8) is 0 Å². The molecule has 0 saturated heterocycles. The summed E-state index contributed by atoms with van der Waals surface area (Å²) in [6.45, 7) is 4.01. The lowest BCUT2D eigenvalue weighted by Gasteiger charge is -2.11. The normalized spacial score (nSPS) is 10.6. The summed E-state index contributed by atoms with van der Waals surface area (Å²) in [7, 11) is 0. The fraction of sp³-hybridized carbons (Fsp3) is 0.125. The summed E-state index contributed by atoms with van der Waals surface area (Å²) in [5, 5.41) is 5.85. The molecule has 0 bridgehead atoms. The lowest BCUT2D eigenvalue weighted by atomic mass is 10.1. The van der Waals surface area contributed by atoms with Crippen molar-refractivity contribution < 1.29 is 9.21 Å². The van der Waals surface area contributed by atoms with Crippen molar-refractivity contribution in [3.8, 4) is 0 Å². The first-order chi connectivity index (χ1) is 10.0. The highest BCUT2D eigenvalue weighted by molar-refractivity contribution is 7.80. The molecule has 4 nitrogen and oxygen atoms in total. The monoisotopic (exact) mass is 300 g/mol. The van der Waals surface area contributed by atoms with Crippen LogP contribution >= 0.6 is 12.2 Å². The van der Waals surface area contributed by atoms with Gasteiger partial charge in [-0.15, -0.1) is 0 Å². The highest BCUT2D eigenvalue weighted by Gasteiger charge is 2.04. The van der Waals surface area contributed by atoms with Gasteiger partial charge in [-0.3, -0.25) is 10.1 Å². The molecule has 0 atom stereocenters. The first-order valence-electron chi connectivity index (χ1n) is 6.45. The number of aryl methyl sites for hydroxylation is 2. The van der Waals surface area contributed by atoms with Crippen LogP contribution in [0.1, 0.15) is 16.9 Å². The highest BCUT2D eigenvalue weighted by atomic mass is 32.1. The van der Waals surface area contributed by atoms with Crippen LogP contribution in [0.4, 0.5) is 5.69 Å². The molecule has 108 valence electrons. The topological polar surface area (TPSA) is 54.3 Å². The van der Waals surface area contributed by atoms with E-state index in [4.69, 9.17) is 16.6 Å². The maximum atomic E-state index is 11.7. The predicted molar refractivity (Wildman–Crippen MR) is 88.0 cm³/mol. The van der Waals surface area contributed by atoms with Gasteiger partial charge in [0.1, 0.15) is 5.76 Å². The third-order valence-corrected chi connectivity index (χ3v) is 3.01. The fourth-order valence-corrected chi connectivity index (χ4v) is 2.02. The van der Waals surface area contributed by atoms with Crippen molar-refractivity contribution in [2.75, 3.05) is 5.32 Å². The molecule has 1 heterocycles. The van der Waals surface area contributed by atoms with E-state index in [-0.39, 0.29) is 11.0 Å². The predicted octanol–water partition coefficient (Wildman–Crippen LogP) is 3.42. The minimum absolute atomic E-state index is 0.260. The van der Waals surface area contributed by atoms with Gasteiger partial charge in [0.15, 0.2) is 5.11 Å². The number of carbonyl (C=O) groups excluding carboxylic acids is 1. The van der Waals surface area contributed by atoms with E-state index in [1.165, 1.54) is 11.6 Å². The van der Waals surface area contributed by atoms with Crippen molar-refractivity contribution in [1.29, 1.82) is 0 Å². The molecule has 1 aromatic carbocycles. The summed E-state index contributed by atoms with van der Waals surface area (Å²) in [4.78, 5) is 11.7. The lowest BCUT2D eigenvalue weighted by Crippen LogP contribution is -2.33. The van der Waals surface area contributed by atoms with Gasteiger partial charge >= 0.3 is 0 Å². The average Bonchev–Trinajstić information content (AvgIpc) is 2.93. The third kappa shape index (κ3) is 4.57. The van der Waals surface area contributed by atoms with Gasteiger partial charge < -0.3 is 9.73 Å². The molecule has 0 saturated carbocycles. The molecule has 5 heteroatoms. The molecule has 0 aliphatic rings. The Morgan fingerprint density at radius 3 is 2.76 bits per heavy atom. The van der Waals surface area contributed by atoms with E-state index in [1.54, 1.807) is 24.5 Å². The summed E-state index contributed by atoms with van der Waals surface area (Å²) in [6.07, 6.45) is 4.49. The molecule has 0 fully saturated rings. The van der Waals surface area contributed by atoms with Gasteiger partial charge in [-0.2, -0.15) is 0 Å². The first-order valence-corrected chi connectivity index (χ1v) is 6.86. The minimum Gasteiger partial charge on any atom is -0.465 e. The van der Waals surface area contributed by atoms with E-state index in [1.807, 2.05) is 32.0 Å². The van der Waals surface area contributed by atoms with Crippen LogP contribution in [0.2, 0.25) is 0 Å². The number of furan rings is 1. The molecule has 0 radical (unpaired) electrons. The van der Waals surface area contributed by atoms with E-state index in [0.29, 0.717) is 5.76 Å². The third-order valence-electron chi connectivity index (χ3n) is 2.81. The van der Waals surface area contributed by atoms with Crippen LogP contribution in [0, 0.1) is 13.8 Å². The van der Waals surface area contributed by atoms with Crippen LogP contribution in [0.15, 0.2) is 47.1 Å². The number of rotatable bonds is 3. The molecule has 2 rings (SSSR count). The number of anilines is 1. The lowest BCUT2D eigenvalue weighted by molar-refractivity contribution is -0.115. The quantitative estimate of drug-likeness (QED) is 0.673. The summed E-state index contributed by atoms with van der Waals surface area (Å²) in [5.74, 6) is 0.298. The second-order valence-corrected chi connectivity index (χ2v) is 5.02. The average molecular weight is 300 g/mol. The Hall–Kier alpha value is -2.40. The first kappa shape index (κ1) is 15.0. The Labute approximate surface area is 128 Å². The van der Waals surface area contributed by atoms with Gasteiger partial charge in [0.05, 0.1) is 6.26 Å². The zero-order valence-electron chi connectivity index (χ0n) is 11.8. The van der Waals surface area contributed by atoms with Gasteiger partial charge in [0.2, 0.25) is 5.91 Å². The number of hydrogen-bond donors (Lipinski definition) is 2. The van der Waals surface area contributed by atoms with Crippen LogP contribution in [0.3, 0.4) is 0 Å². The summed E-state index contributed by atoms with van der Waals surface area (Å²) < 4.78 is 5.10. The molecular formula is C16H16N2O2S. The largest absolute Gasteiger partial charge is 0.465 e. The Morgan fingerprint density at radius 1 is 1.29 bits per heavy atom. The van der Waals surface area contributed by atoms with Gasteiger partial charge in [-0.1, -0.05) is 17.7 Å². The Balaban J connectivity index is 1.90. The van der Waals surface area contributed by atoms with Crippen LogP contribution in [0.5, 0.6) is 0 Å². The van der Waals surface area contributed by atoms with Gasteiger partial charge in [0, 0.05) is 11.8 Å². The van der Waals surface area contributed by atoms with Crippen LogP contribution in [-0.4, -0.2) is 11.0 Å². The molecular weight excluding hydrogens is 284 g/mol. The van der Waals surface area contributed by atoms with E-state index in [9.17, 15) is 4.79 Å². The standard InChI is InChI=1S/C16H16N2O2S/c1-11-5-7-14(12(2)10-11)17-16(21)18-15(19)8-6-13-4-3-9-20-13/h3-10H,1-2H3,(H2,17,18,19,21). The van der Waals surface area contributed by atoms with E-state index in [2.05, 4.69) is 10.6 Å². The van der Waals surface area contributed by atoms with Crippen LogP contribution in [-0.2, 0) is 4.79 Å². The highest BCUT2D eigenvalue weighted by Crippen LogP contribution is 2.15. The van der Waals surface area contributed by atoms with E-state index < -0.39 is 0 Å². The molecule has 21 heavy (non-hydrogen) atoms. The van der Waals surface area contributed by atoms with E-state index in [0.717, 1.165) is 11.3 Å². The van der Waals surface area contributed by atoms with Gasteiger partial charge in [-0.05, 0) is 55.9 Å². The van der Waals surface area contributed by atoms with Crippen molar-refractivity contribution in [2.24, 2.45) is 0 Å². The van der Waals surface area contributed by atoms with E-state index >= 15 is 0 Å². The van der Waals surface area contributed by atoms with Crippen molar-refractivity contribution in [2.45, 2.75) is 13.8 Å². The van der Waals surface area contributed by atoms with Crippen molar-refractivity contribution in [1.82, 2.24) is 5.32 Å². The fourth-order valence-electron chi connectivity index (χ4n) is 1.80. The molecule has 2 N–H and O–H groups in total. The Bertz CT molecular complexity index is 676. The Morgan fingerprint density at radius 2 is 2.10 bits per heavy atom. The zero-order valence-corrected chi connectivity index (χ0v) is 12.7. The Kier molecular flexibility index (Phi) is 4.90. The summed E-state index contributed by atoms with van der Waals surface area (Å²) in [5.41, 5.74) is 3.12. The van der Waals surface area contributed by atoms with Crippen molar-refractivity contribution in [3.05, 3.63) is 59.6 Å². The van der Waals surface area contributed by atoms with Crippen molar-refractivity contribution >= 4 is 35.0 Å². The summed E-state index contributed by atoms with van der Waals surface area (Å²) in [6, 6.07) is 9.47. The molecule has 1 aromatic heterocycles. The smallest absolute Gasteiger partial charge is 0.250 e. The number of nitrogens with one attached hydrogen (secondary N) is 2. The number of thiocarbonyl (C=S) groups is 1. The SMILES string of the molecule is Cc1ccc(NC(=S)NC(=O)C=Cc2ccco2)c(C)c1. The van der Waals surface area contributed by atoms with Crippen LogP contribution < -0.4 is 10.6 Å². The number of hydrogen-bond acceptors (Lipinski definition) is 3.